The van der Waals surface area contributed by atoms with Crippen molar-refractivity contribution < 1.29 is 9.47 Å². The summed E-state index contributed by atoms with van der Waals surface area (Å²) in [5.41, 5.74) is 1.15. The van der Waals surface area contributed by atoms with Crippen molar-refractivity contribution in [1.29, 1.82) is 0 Å². The molecule has 1 aromatic rings. The molecule has 0 aromatic heterocycles. The quantitative estimate of drug-likeness (QED) is 0.780. The largest absolute Gasteiger partial charge is 0.454 e. The Balaban J connectivity index is 1.97. The molecule has 0 aliphatic carbocycles. The molecule has 17 heavy (non-hydrogen) atoms. The van der Waals surface area contributed by atoms with E-state index in [0.29, 0.717) is 6.79 Å². The van der Waals surface area contributed by atoms with Crippen LogP contribution in [0.2, 0.25) is 0 Å². The number of ether oxygens (including phenoxy) is 2. The Bertz CT molecular complexity index is 397. The fraction of sp³-hybridized carbons (Fsp3) is 0.429. The second kappa shape index (κ2) is 5.73. The van der Waals surface area contributed by atoms with Gasteiger partial charge >= 0.3 is 0 Å². The van der Waals surface area contributed by atoms with E-state index >= 15 is 0 Å². The third kappa shape index (κ3) is 3.01. The molecule has 0 saturated carbocycles. The summed E-state index contributed by atoms with van der Waals surface area (Å²) in [6.45, 7) is 7.85. The lowest BCUT2D eigenvalue weighted by atomic mass is 10.2. The molecule has 0 amide bonds. The van der Waals surface area contributed by atoms with Crippen molar-refractivity contribution in [2.45, 2.75) is 13.8 Å². The molecule has 0 N–H and O–H groups in total. The van der Waals surface area contributed by atoms with Crippen LogP contribution in [0.4, 0.5) is 0 Å². The van der Waals surface area contributed by atoms with Gasteiger partial charge in [-0.3, -0.25) is 0 Å². The SMILES string of the molecule is CCN(CC)C/C=C/c1ccc2c(c1)OCO2. The molecule has 0 radical (unpaired) electrons. The van der Waals surface area contributed by atoms with E-state index in [1.165, 1.54) is 0 Å². The molecule has 0 unspecified atom stereocenters. The van der Waals surface area contributed by atoms with E-state index in [9.17, 15) is 0 Å². The number of fused-ring (bicyclic) bond motifs is 1. The number of hydrogen-bond donors (Lipinski definition) is 0. The Kier molecular flexibility index (Phi) is 4.04. The van der Waals surface area contributed by atoms with Gasteiger partial charge in [-0.05, 0) is 30.8 Å². The minimum absolute atomic E-state index is 0.335. The van der Waals surface area contributed by atoms with E-state index in [-0.39, 0.29) is 0 Å². The molecule has 0 spiro atoms. The predicted molar refractivity (Wildman–Crippen MR) is 69.4 cm³/mol. The van der Waals surface area contributed by atoms with Gasteiger partial charge in [0, 0.05) is 6.54 Å². The minimum Gasteiger partial charge on any atom is -0.454 e. The maximum Gasteiger partial charge on any atom is 0.231 e. The van der Waals surface area contributed by atoms with Crippen LogP contribution in [0, 0.1) is 0 Å². The summed E-state index contributed by atoms with van der Waals surface area (Å²) in [5, 5.41) is 0. The first-order valence-corrected chi connectivity index (χ1v) is 6.12. The van der Waals surface area contributed by atoms with Crippen LogP contribution in [0.5, 0.6) is 11.5 Å². The van der Waals surface area contributed by atoms with Crippen LogP contribution in [0.25, 0.3) is 6.08 Å². The number of nitrogens with zero attached hydrogens (tertiary/aromatic N) is 1. The molecule has 0 saturated heterocycles. The Morgan fingerprint density at radius 3 is 2.71 bits per heavy atom. The smallest absolute Gasteiger partial charge is 0.231 e. The summed E-state index contributed by atoms with van der Waals surface area (Å²) < 4.78 is 10.6. The second-order valence-corrected chi connectivity index (χ2v) is 4.00. The fourth-order valence-electron chi connectivity index (χ4n) is 1.84. The molecule has 1 heterocycles. The summed E-state index contributed by atoms with van der Waals surface area (Å²) in [6.07, 6.45) is 4.31. The van der Waals surface area contributed by atoms with Gasteiger partial charge in [-0.25, -0.2) is 0 Å². The van der Waals surface area contributed by atoms with Gasteiger partial charge in [0.25, 0.3) is 0 Å². The molecule has 1 aliphatic rings. The zero-order valence-corrected chi connectivity index (χ0v) is 10.5. The van der Waals surface area contributed by atoms with Crippen LogP contribution < -0.4 is 9.47 Å². The molecule has 0 fully saturated rings. The van der Waals surface area contributed by atoms with Crippen molar-refractivity contribution in [2.24, 2.45) is 0 Å². The van der Waals surface area contributed by atoms with E-state index < -0.39 is 0 Å². The van der Waals surface area contributed by atoms with E-state index in [4.69, 9.17) is 9.47 Å². The Labute approximate surface area is 103 Å². The molecule has 0 bridgehead atoms. The molecular weight excluding hydrogens is 214 g/mol. The van der Waals surface area contributed by atoms with Crippen LogP contribution in [-0.2, 0) is 0 Å². The van der Waals surface area contributed by atoms with Crippen molar-refractivity contribution in [3.05, 3.63) is 29.8 Å². The molecular formula is C14H19NO2. The summed E-state index contributed by atoms with van der Waals surface area (Å²) in [6, 6.07) is 6.02. The van der Waals surface area contributed by atoms with E-state index in [1.807, 2.05) is 18.2 Å². The molecule has 2 rings (SSSR count). The van der Waals surface area contributed by atoms with Crippen molar-refractivity contribution in [3.8, 4) is 11.5 Å². The van der Waals surface area contributed by atoms with Crippen LogP contribution in [0.1, 0.15) is 19.4 Å². The molecule has 3 nitrogen and oxygen atoms in total. The summed E-state index contributed by atoms with van der Waals surface area (Å²) in [4.78, 5) is 2.36. The second-order valence-electron chi connectivity index (χ2n) is 4.00. The van der Waals surface area contributed by atoms with Gasteiger partial charge in [-0.15, -0.1) is 0 Å². The molecule has 0 atom stereocenters. The van der Waals surface area contributed by atoms with Gasteiger partial charge < -0.3 is 14.4 Å². The highest BCUT2D eigenvalue weighted by Gasteiger charge is 2.11. The highest BCUT2D eigenvalue weighted by molar-refractivity contribution is 5.56. The van der Waals surface area contributed by atoms with Gasteiger partial charge in [0.05, 0.1) is 0 Å². The van der Waals surface area contributed by atoms with Crippen molar-refractivity contribution in [1.82, 2.24) is 4.90 Å². The van der Waals surface area contributed by atoms with Crippen LogP contribution in [0.15, 0.2) is 24.3 Å². The lowest BCUT2D eigenvalue weighted by molar-refractivity contribution is 0.174. The zero-order chi connectivity index (χ0) is 12.1. The number of benzene rings is 1. The monoisotopic (exact) mass is 233 g/mol. The zero-order valence-electron chi connectivity index (χ0n) is 10.5. The standard InChI is InChI=1S/C14H19NO2/c1-3-15(4-2)9-5-6-12-7-8-13-14(10-12)17-11-16-13/h5-8,10H,3-4,9,11H2,1-2H3/b6-5+. The number of hydrogen-bond acceptors (Lipinski definition) is 3. The van der Waals surface area contributed by atoms with Crippen LogP contribution in [-0.4, -0.2) is 31.3 Å². The highest BCUT2D eigenvalue weighted by Crippen LogP contribution is 2.32. The van der Waals surface area contributed by atoms with Gasteiger partial charge in [-0.2, -0.15) is 0 Å². The Hall–Kier alpha value is -1.48. The first-order chi connectivity index (χ1) is 8.33. The van der Waals surface area contributed by atoms with Gasteiger partial charge in [0.15, 0.2) is 11.5 Å². The minimum atomic E-state index is 0.335. The van der Waals surface area contributed by atoms with Crippen molar-refractivity contribution in [2.75, 3.05) is 26.4 Å². The van der Waals surface area contributed by atoms with Gasteiger partial charge in [0.2, 0.25) is 6.79 Å². The molecule has 1 aromatic carbocycles. The number of rotatable bonds is 5. The lowest BCUT2D eigenvalue weighted by Crippen LogP contribution is -2.22. The number of likely N-dealkylation sites (N-methyl/N-ethyl adjacent to an activating group) is 1. The first-order valence-electron chi connectivity index (χ1n) is 6.12. The Morgan fingerprint density at radius 2 is 1.94 bits per heavy atom. The fourth-order valence-corrected chi connectivity index (χ4v) is 1.84. The molecule has 3 heteroatoms. The van der Waals surface area contributed by atoms with Gasteiger partial charge in [0.1, 0.15) is 0 Å². The maximum atomic E-state index is 5.34. The van der Waals surface area contributed by atoms with Crippen molar-refractivity contribution in [3.63, 3.8) is 0 Å². The Morgan fingerprint density at radius 1 is 1.18 bits per heavy atom. The highest BCUT2D eigenvalue weighted by atomic mass is 16.7. The molecule has 1 aliphatic heterocycles. The van der Waals surface area contributed by atoms with Crippen LogP contribution in [0.3, 0.4) is 0 Å². The van der Waals surface area contributed by atoms with Crippen molar-refractivity contribution >= 4 is 6.08 Å². The summed E-state index contributed by atoms with van der Waals surface area (Å²) >= 11 is 0. The lowest BCUT2D eigenvalue weighted by Gasteiger charge is -2.14. The normalized spacial score (nSPS) is 13.8. The average molecular weight is 233 g/mol. The van der Waals surface area contributed by atoms with E-state index in [1.54, 1.807) is 0 Å². The third-order valence-corrected chi connectivity index (χ3v) is 2.96. The third-order valence-electron chi connectivity index (χ3n) is 2.96. The summed E-state index contributed by atoms with van der Waals surface area (Å²) in [5.74, 6) is 1.68. The van der Waals surface area contributed by atoms with E-state index in [0.717, 1.165) is 36.7 Å². The van der Waals surface area contributed by atoms with E-state index in [2.05, 4.69) is 30.9 Å². The average Bonchev–Trinajstić information content (AvgIpc) is 2.82. The predicted octanol–water partition coefficient (Wildman–Crippen LogP) is 2.77. The molecule has 92 valence electrons. The summed E-state index contributed by atoms with van der Waals surface area (Å²) in [7, 11) is 0. The van der Waals surface area contributed by atoms with Crippen LogP contribution >= 0.6 is 0 Å². The first kappa shape index (κ1) is 12.0. The topological polar surface area (TPSA) is 21.7 Å². The maximum absolute atomic E-state index is 5.34. The van der Waals surface area contributed by atoms with Gasteiger partial charge in [-0.1, -0.05) is 32.1 Å².